The van der Waals surface area contributed by atoms with E-state index in [-0.39, 0.29) is 17.7 Å². The second kappa shape index (κ2) is 7.41. The standard InChI is InChI=1S/C14H20ClNO3S/c15-8-9-16(11-13-5-2-1-3-6-13)20(17,18)12-14-7-4-10-19-14/h1-3,5-6,14H,4,7-12H2. The number of halogens is 1. The van der Waals surface area contributed by atoms with Crippen molar-refractivity contribution in [3.05, 3.63) is 35.9 Å². The van der Waals surface area contributed by atoms with Gasteiger partial charge in [0.25, 0.3) is 0 Å². The van der Waals surface area contributed by atoms with E-state index in [4.69, 9.17) is 16.3 Å². The molecule has 4 nitrogen and oxygen atoms in total. The van der Waals surface area contributed by atoms with Gasteiger partial charge in [0.05, 0.1) is 11.9 Å². The number of alkyl halides is 1. The lowest BCUT2D eigenvalue weighted by atomic mass is 10.2. The molecule has 1 unspecified atom stereocenters. The molecule has 0 bridgehead atoms. The summed E-state index contributed by atoms with van der Waals surface area (Å²) >= 11 is 5.75. The molecule has 1 aromatic rings. The van der Waals surface area contributed by atoms with Crippen LogP contribution in [0.1, 0.15) is 18.4 Å². The van der Waals surface area contributed by atoms with Crippen molar-refractivity contribution in [1.82, 2.24) is 4.31 Å². The van der Waals surface area contributed by atoms with E-state index in [1.54, 1.807) is 0 Å². The first kappa shape index (κ1) is 15.8. The SMILES string of the molecule is O=S(=O)(CC1CCCO1)N(CCCl)Cc1ccccc1. The lowest BCUT2D eigenvalue weighted by Crippen LogP contribution is -2.37. The van der Waals surface area contributed by atoms with Gasteiger partial charge in [0, 0.05) is 25.6 Å². The largest absolute Gasteiger partial charge is 0.377 e. The molecule has 6 heteroatoms. The number of ether oxygens (including phenoxy) is 1. The molecule has 2 rings (SSSR count). The van der Waals surface area contributed by atoms with Gasteiger partial charge in [0.2, 0.25) is 10.0 Å². The van der Waals surface area contributed by atoms with Crippen LogP contribution in [0.5, 0.6) is 0 Å². The van der Waals surface area contributed by atoms with E-state index in [2.05, 4.69) is 0 Å². The highest BCUT2D eigenvalue weighted by Crippen LogP contribution is 2.17. The van der Waals surface area contributed by atoms with Gasteiger partial charge in [-0.2, -0.15) is 4.31 Å². The minimum Gasteiger partial charge on any atom is -0.377 e. The fourth-order valence-electron chi connectivity index (χ4n) is 2.31. The predicted molar refractivity (Wildman–Crippen MR) is 80.3 cm³/mol. The van der Waals surface area contributed by atoms with E-state index in [1.165, 1.54) is 4.31 Å². The molecular weight excluding hydrogens is 298 g/mol. The molecule has 1 aliphatic heterocycles. The number of nitrogens with zero attached hydrogens (tertiary/aromatic N) is 1. The first-order valence-corrected chi connectivity index (χ1v) is 8.95. The average Bonchev–Trinajstić information content (AvgIpc) is 2.91. The molecule has 1 atom stereocenters. The average molecular weight is 318 g/mol. The molecule has 0 amide bonds. The normalized spacial score (nSPS) is 19.6. The Morgan fingerprint density at radius 2 is 2.05 bits per heavy atom. The summed E-state index contributed by atoms with van der Waals surface area (Å²) in [6, 6.07) is 9.56. The van der Waals surface area contributed by atoms with Crippen molar-refractivity contribution in [2.45, 2.75) is 25.5 Å². The fourth-order valence-corrected chi connectivity index (χ4v) is 4.28. The second-order valence-electron chi connectivity index (χ2n) is 4.92. The van der Waals surface area contributed by atoms with Gasteiger partial charge < -0.3 is 4.74 Å². The Morgan fingerprint density at radius 3 is 2.65 bits per heavy atom. The zero-order chi connectivity index (χ0) is 14.4. The van der Waals surface area contributed by atoms with Crippen LogP contribution < -0.4 is 0 Å². The van der Waals surface area contributed by atoms with Crippen LogP contribution in [0.2, 0.25) is 0 Å². The van der Waals surface area contributed by atoms with Gasteiger partial charge in [0.15, 0.2) is 0 Å². The molecular formula is C14H20ClNO3S. The molecule has 1 heterocycles. The fraction of sp³-hybridized carbons (Fsp3) is 0.571. The van der Waals surface area contributed by atoms with Crippen molar-refractivity contribution >= 4 is 21.6 Å². The highest BCUT2D eigenvalue weighted by atomic mass is 35.5. The van der Waals surface area contributed by atoms with Gasteiger partial charge in [-0.25, -0.2) is 8.42 Å². The molecule has 0 spiro atoms. The highest BCUT2D eigenvalue weighted by Gasteiger charge is 2.28. The van der Waals surface area contributed by atoms with Crippen LogP contribution in [0.4, 0.5) is 0 Å². The van der Waals surface area contributed by atoms with E-state index in [1.807, 2.05) is 30.3 Å². The van der Waals surface area contributed by atoms with E-state index in [0.29, 0.717) is 19.7 Å². The molecule has 20 heavy (non-hydrogen) atoms. The zero-order valence-corrected chi connectivity index (χ0v) is 12.9. The Balaban J connectivity index is 2.06. The second-order valence-corrected chi connectivity index (χ2v) is 7.31. The Bertz CT molecular complexity index is 500. The molecule has 112 valence electrons. The molecule has 0 aromatic heterocycles. The molecule has 1 aliphatic rings. The van der Waals surface area contributed by atoms with Crippen LogP contribution in [0, 0.1) is 0 Å². The lowest BCUT2D eigenvalue weighted by Gasteiger charge is -2.23. The quantitative estimate of drug-likeness (QED) is 0.725. The van der Waals surface area contributed by atoms with Crippen LogP contribution in [0.25, 0.3) is 0 Å². The number of rotatable bonds is 7. The van der Waals surface area contributed by atoms with Crippen molar-refractivity contribution in [1.29, 1.82) is 0 Å². The summed E-state index contributed by atoms with van der Waals surface area (Å²) < 4.78 is 31.8. The predicted octanol–water partition coefficient (Wildman–Crippen LogP) is 2.24. The maximum Gasteiger partial charge on any atom is 0.217 e. The van der Waals surface area contributed by atoms with Crippen molar-refractivity contribution in [2.75, 3.05) is 24.8 Å². The van der Waals surface area contributed by atoms with E-state index >= 15 is 0 Å². The van der Waals surface area contributed by atoms with Crippen molar-refractivity contribution in [3.8, 4) is 0 Å². The summed E-state index contributed by atoms with van der Waals surface area (Å²) in [6.45, 7) is 1.35. The Morgan fingerprint density at radius 1 is 1.30 bits per heavy atom. The molecule has 1 aromatic carbocycles. The minimum absolute atomic E-state index is 0.0523. The third kappa shape index (κ3) is 4.45. The highest BCUT2D eigenvalue weighted by molar-refractivity contribution is 7.89. The third-order valence-electron chi connectivity index (χ3n) is 3.35. The van der Waals surface area contributed by atoms with Crippen LogP contribution in [0.15, 0.2) is 30.3 Å². The van der Waals surface area contributed by atoms with Gasteiger partial charge in [-0.1, -0.05) is 30.3 Å². The van der Waals surface area contributed by atoms with E-state index < -0.39 is 10.0 Å². The summed E-state index contributed by atoms with van der Waals surface area (Å²) in [5, 5.41) is 0. The van der Waals surface area contributed by atoms with Crippen LogP contribution >= 0.6 is 11.6 Å². The number of hydrogen-bond donors (Lipinski definition) is 0. The van der Waals surface area contributed by atoms with E-state index in [0.717, 1.165) is 18.4 Å². The first-order valence-electron chi connectivity index (χ1n) is 6.81. The smallest absolute Gasteiger partial charge is 0.217 e. The van der Waals surface area contributed by atoms with Gasteiger partial charge >= 0.3 is 0 Å². The Hall–Kier alpha value is -0.620. The molecule has 0 aliphatic carbocycles. The molecule has 1 saturated heterocycles. The zero-order valence-electron chi connectivity index (χ0n) is 11.4. The maximum atomic E-state index is 12.5. The number of hydrogen-bond acceptors (Lipinski definition) is 3. The van der Waals surface area contributed by atoms with Crippen LogP contribution in [-0.2, 0) is 21.3 Å². The summed E-state index contributed by atoms with van der Waals surface area (Å²) in [7, 11) is -3.34. The maximum absolute atomic E-state index is 12.5. The summed E-state index contributed by atoms with van der Waals surface area (Å²) in [5.74, 6) is 0.342. The molecule has 1 fully saturated rings. The van der Waals surface area contributed by atoms with Gasteiger partial charge in [-0.15, -0.1) is 11.6 Å². The van der Waals surface area contributed by atoms with E-state index in [9.17, 15) is 8.42 Å². The Kier molecular flexibility index (Phi) is 5.84. The van der Waals surface area contributed by atoms with Crippen LogP contribution in [-0.4, -0.2) is 43.6 Å². The lowest BCUT2D eigenvalue weighted by molar-refractivity contribution is 0.126. The summed E-state index contributed by atoms with van der Waals surface area (Å²) in [5.41, 5.74) is 0.966. The molecule has 0 N–H and O–H groups in total. The van der Waals surface area contributed by atoms with Gasteiger partial charge in [-0.05, 0) is 18.4 Å². The minimum atomic E-state index is -3.34. The molecule has 0 saturated carbocycles. The van der Waals surface area contributed by atoms with Gasteiger partial charge in [0.1, 0.15) is 0 Å². The van der Waals surface area contributed by atoms with Gasteiger partial charge in [-0.3, -0.25) is 0 Å². The summed E-state index contributed by atoms with van der Waals surface area (Å²) in [6.07, 6.45) is 1.59. The topological polar surface area (TPSA) is 46.6 Å². The van der Waals surface area contributed by atoms with Crippen molar-refractivity contribution in [3.63, 3.8) is 0 Å². The molecule has 0 radical (unpaired) electrons. The van der Waals surface area contributed by atoms with Crippen molar-refractivity contribution < 1.29 is 13.2 Å². The van der Waals surface area contributed by atoms with Crippen molar-refractivity contribution in [2.24, 2.45) is 0 Å². The van der Waals surface area contributed by atoms with Crippen LogP contribution in [0.3, 0.4) is 0 Å². The first-order chi connectivity index (χ1) is 9.62. The summed E-state index contributed by atoms with van der Waals surface area (Å²) in [4.78, 5) is 0. The number of sulfonamides is 1. The Labute approximate surface area is 125 Å². The monoisotopic (exact) mass is 317 g/mol. The number of benzene rings is 1. The third-order valence-corrected chi connectivity index (χ3v) is 5.41.